The van der Waals surface area contributed by atoms with E-state index in [0.717, 1.165) is 38.4 Å². The summed E-state index contributed by atoms with van der Waals surface area (Å²) in [5.41, 5.74) is 31.5. The van der Waals surface area contributed by atoms with Crippen LogP contribution < -0.4 is 104 Å². The Labute approximate surface area is 332 Å². The number of rotatable bonds is 2. The minimum atomic E-state index is 0.329. The summed E-state index contributed by atoms with van der Waals surface area (Å²) in [6.07, 6.45) is 0. The highest BCUT2D eigenvalue weighted by Gasteiger charge is 2.30. The van der Waals surface area contributed by atoms with Gasteiger partial charge in [-0.05, 0) is 49.3 Å². The average molecular weight is 661 g/mol. The van der Waals surface area contributed by atoms with Gasteiger partial charge in [0, 0.05) is 10.8 Å². The van der Waals surface area contributed by atoms with Crippen molar-refractivity contribution >= 4 is 296 Å². The van der Waals surface area contributed by atoms with Crippen molar-refractivity contribution in [2.75, 3.05) is 0 Å². The van der Waals surface area contributed by atoms with E-state index < -0.39 is 0 Å². The third kappa shape index (κ3) is 4.80. The lowest BCUT2D eigenvalue weighted by Crippen LogP contribution is -2.55. The summed E-state index contributed by atoms with van der Waals surface area (Å²) in [6.45, 7) is 0. The molecule has 0 aliphatic rings. The van der Waals surface area contributed by atoms with Gasteiger partial charge in [0.2, 0.25) is 0 Å². The Morgan fingerprint density at radius 1 is 0.226 bits per heavy atom. The lowest BCUT2D eigenvalue weighted by molar-refractivity contribution is 0.484. The molecule has 1 N–H and O–H groups in total. The van der Waals surface area contributed by atoms with Crippen molar-refractivity contribution in [1.82, 2.24) is 0 Å². The lowest BCUT2D eigenvalue weighted by atomic mass is 9.56. The predicted molar refractivity (Wildman–Crippen MR) is 297 cm³/mol. The first-order valence-corrected chi connectivity index (χ1v) is 19.4. The Kier molecular flexibility index (Phi) is 9.03. The summed E-state index contributed by atoms with van der Waals surface area (Å²) < 4.78 is 6.79. The Hall–Kier alpha value is -3.33. The topological polar surface area (TPSA) is 33.4 Å². The molecule has 0 saturated carbocycles. The van der Waals surface area contributed by atoms with Crippen LogP contribution in [-0.2, 0) is 0 Å². The van der Waals surface area contributed by atoms with Gasteiger partial charge in [-0.3, -0.25) is 0 Å². The molecule has 53 heavy (non-hydrogen) atoms. The fourth-order valence-corrected chi connectivity index (χ4v) is 10.1. The molecule has 0 atom stereocenters. The van der Waals surface area contributed by atoms with Crippen LogP contribution in [0.4, 0.5) is 0 Å². The maximum Gasteiger partial charge on any atom is 0.149 e. The van der Waals surface area contributed by atoms with Gasteiger partial charge in [-0.2, -0.15) is 0 Å². The Morgan fingerprint density at radius 2 is 0.491 bits per heavy atom. The molecule has 0 bridgehead atoms. The molecule has 0 unspecified atom stereocenters. The largest absolute Gasteiger partial charge is 0.509 e. The molecule has 2 nitrogen and oxygen atoms in total. The van der Waals surface area contributed by atoms with Gasteiger partial charge in [-0.25, -0.2) is 0 Å². The molecular weight excluding hydrogens is 622 g/mol. The Bertz CT molecular complexity index is 2790. The van der Waals surface area contributed by atoms with Crippen LogP contribution in [0.5, 0.6) is 5.75 Å². The number of aromatic hydroxyl groups is 1. The molecule has 0 fully saturated rings. The van der Waals surface area contributed by atoms with Crippen molar-refractivity contribution in [2.45, 2.75) is 0 Å². The summed E-state index contributed by atoms with van der Waals surface area (Å²) >= 11 is 0. The first-order chi connectivity index (χ1) is 24.7. The second-order valence-electron chi connectivity index (χ2n) is 16.7. The normalized spacial score (nSPS) is 11.8. The van der Waals surface area contributed by atoms with Crippen LogP contribution >= 0.6 is 0 Å². The molecule has 7 rings (SSSR count). The van der Waals surface area contributed by atoms with Crippen molar-refractivity contribution in [3.8, 4) is 28.0 Å². The SMILES string of the molecule is Bc1c(B)c(B)c(-c2c3c(B)c(B)c(B)c(B)c3c(-c3c(B)c(B)c4oc5c(B)c(O)c(B)c(B)c5c4c3B)c3c(B)c(B)c(B)c(B)c23)c(B)c1B. The van der Waals surface area contributed by atoms with Crippen molar-refractivity contribution < 1.29 is 9.52 Å². The van der Waals surface area contributed by atoms with Gasteiger partial charge in [0.1, 0.15) is 166 Å². The monoisotopic (exact) mass is 664 g/mol. The van der Waals surface area contributed by atoms with Crippen molar-refractivity contribution in [3.05, 3.63) is 0 Å². The average Bonchev–Trinajstić information content (AvgIpc) is 3.54. The zero-order valence-corrected chi connectivity index (χ0v) is 35.9. The number of benzene rings is 6. The van der Waals surface area contributed by atoms with Crippen LogP contribution in [0.2, 0.25) is 0 Å². The second kappa shape index (κ2) is 12.6. The first kappa shape index (κ1) is 38.0. The smallest absolute Gasteiger partial charge is 0.149 e. The molecule has 7 aromatic rings. The maximum absolute atomic E-state index is 11.1. The number of hydrogen-bond donors (Lipinski definition) is 1. The van der Waals surface area contributed by atoms with Crippen molar-refractivity contribution in [1.29, 1.82) is 0 Å². The van der Waals surface area contributed by atoms with E-state index in [0.29, 0.717) is 5.75 Å². The highest BCUT2D eigenvalue weighted by molar-refractivity contribution is 6.75. The minimum Gasteiger partial charge on any atom is -0.509 e. The molecule has 0 amide bonds. The summed E-state index contributed by atoms with van der Waals surface area (Å²) in [4.78, 5) is 0. The van der Waals surface area contributed by atoms with Crippen LogP contribution in [0.15, 0.2) is 4.42 Å². The standard InChI is InChI=1S/C32H39B19O2/c33-11-7(18(40)28(50)31-9(11)10-19(41)27(49)30(52)29(51)32(10)53-31)1-3-5(14(36)22(44)20(42)12(3)34)2(6-4(1)13(35)21(43)23(45)15(6)37)8-16(38)24(46)26(48)25(47)17(8)39/h52H,33-51H2. The molecule has 0 saturated heterocycles. The summed E-state index contributed by atoms with van der Waals surface area (Å²) in [5.74, 6) is 0.329. The fraction of sp³-hybridized carbons (Fsp3) is 0. The minimum absolute atomic E-state index is 0.329. The summed E-state index contributed by atoms with van der Waals surface area (Å²) in [7, 11) is 43.3. The predicted octanol–water partition coefficient (Wildman–Crippen LogP) is -24.2. The van der Waals surface area contributed by atoms with E-state index in [1.807, 2.05) is 15.7 Å². The van der Waals surface area contributed by atoms with Crippen LogP contribution in [0.25, 0.3) is 65.7 Å². The molecule has 0 spiro atoms. The molecule has 6 aromatic carbocycles. The van der Waals surface area contributed by atoms with E-state index >= 15 is 0 Å². The molecule has 1 heterocycles. The number of fused-ring (bicyclic) bond motifs is 5. The molecule has 1 aromatic heterocycles. The van der Waals surface area contributed by atoms with Gasteiger partial charge in [-0.1, -0.05) is 60.1 Å². The highest BCUT2D eigenvalue weighted by Crippen LogP contribution is 2.39. The maximum atomic E-state index is 11.1. The zero-order chi connectivity index (χ0) is 39.2. The number of phenols is 1. The molecule has 0 aliphatic heterocycles. The van der Waals surface area contributed by atoms with Crippen LogP contribution in [0.3, 0.4) is 0 Å². The molecule has 21 heteroatoms. The first-order valence-electron chi connectivity index (χ1n) is 19.4. The van der Waals surface area contributed by atoms with Gasteiger partial charge in [0.15, 0.2) is 0 Å². The van der Waals surface area contributed by atoms with Gasteiger partial charge >= 0.3 is 0 Å². The third-order valence-corrected chi connectivity index (χ3v) is 14.8. The highest BCUT2D eigenvalue weighted by atomic mass is 16.3. The molecule has 0 radical (unpaired) electrons. The van der Waals surface area contributed by atoms with Gasteiger partial charge in [-0.15, -0.1) is 38.2 Å². The molecular formula is C32H39B19O2. The van der Waals surface area contributed by atoms with Crippen molar-refractivity contribution in [2.24, 2.45) is 0 Å². The summed E-state index contributed by atoms with van der Waals surface area (Å²) in [5, 5.41) is 18.9. The van der Waals surface area contributed by atoms with Crippen LogP contribution in [0, 0.1) is 0 Å². The van der Waals surface area contributed by atoms with E-state index in [1.54, 1.807) is 0 Å². The van der Waals surface area contributed by atoms with Gasteiger partial charge in [0.25, 0.3) is 0 Å². The van der Waals surface area contributed by atoms with E-state index in [1.165, 1.54) is 131 Å². The van der Waals surface area contributed by atoms with Gasteiger partial charge < -0.3 is 9.52 Å². The number of hydrogen-bond acceptors (Lipinski definition) is 2. The van der Waals surface area contributed by atoms with E-state index in [4.69, 9.17) is 4.42 Å². The van der Waals surface area contributed by atoms with Gasteiger partial charge in [0.05, 0.1) is 0 Å². The van der Waals surface area contributed by atoms with Crippen molar-refractivity contribution in [3.63, 3.8) is 0 Å². The van der Waals surface area contributed by atoms with Crippen LogP contribution in [0.1, 0.15) is 0 Å². The quantitative estimate of drug-likeness (QED) is 0.148. The van der Waals surface area contributed by atoms with E-state index in [9.17, 15) is 5.11 Å². The molecule has 236 valence electrons. The van der Waals surface area contributed by atoms with E-state index in [2.05, 4.69) is 133 Å². The number of furan rings is 1. The third-order valence-electron chi connectivity index (χ3n) is 14.8. The Morgan fingerprint density at radius 3 is 0.887 bits per heavy atom. The molecule has 0 aliphatic carbocycles. The second-order valence-corrected chi connectivity index (χ2v) is 16.7. The Balaban J connectivity index is 1.91. The zero-order valence-electron chi connectivity index (χ0n) is 35.9. The van der Waals surface area contributed by atoms with E-state index in [-0.39, 0.29) is 0 Å². The summed E-state index contributed by atoms with van der Waals surface area (Å²) in [6, 6.07) is 0. The van der Waals surface area contributed by atoms with Crippen LogP contribution in [-0.4, -0.2) is 154 Å². The lowest BCUT2D eigenvalue weighted by Gasteiger charge is -2.31. The fourth-order valence-electron chi connectivity index (χ4n) is 10.1. The number of phenolic OH excluding ortho intramolecular Hbond substituents is 1.